The third-order valence-electron chi connectivity index (χ3n) is 3.95. The van der Waals surface area contributed by atoms with Gasteiger partial charge in [-0.25, -0.2) is 4.79 Å². The largest absolute Gasteiger partial charge is 0.455 e. The zero-order valence-corrected chi connectivity index (χ0v) is 17.4. The fourth-order valence-electron chi connectivity index (χ4n) is 2.71. The van der Waals surface area contributed by atoms with Crippen LogP contribution in [0.1, 0.15) is 26.7 Å². The summed E-state index contributed by atoms with van der Waals surface area (Å²) in [6.07, 6.45) is 0. The van der Waals surface area contributed by atoms with Crippen molar-refractivity contribution in [2.75, 3.05) is 18.6 Å². The number of hydrogen-bond acceptors (Lipinski definition) is 10. The van der Waals surface area contributed by atoms with Crippen LogP contribution < -0.4 is 5.73 Å². The third kappa shape index (κ3) is 3.73. The second kappa shape index (κ2) is 7.12. The molecule has 2 atom stereocenters. The van der Waals surface area contributed by atoms with E-state index in [9.17, 15) is 9.59 Å². The maximum Gasteiger partial charge on any atom is 0.355 e. The molecule has 1 fully saturated rings. The number of thioether (sulfide) groups is 2. The number of hydrogen-bond donors (Lipinski definition) is 1. The predicted octanol–water partition coefficient (Wildman–Crippen LogP) is 1.28. The minimum atomic E-state index is -1.43. The Morgan fingerprint density at radius 2 is 2.19 bits per heavy atom. The number of aromatic nitrogens is 2. The Morgan fingerprint density at radius 1 is 1.48 bits per heavy atom. The quantitative estimate of drug-likeness (QED) is 0.326. The Labute approximate surface area is 165 Å². The first-order valence-corrected chi connectivity index (χ1v) is 10.3. The van der Waals surface area contributed by atoms with E-state index in [1.807, 2.05) is 0 Å². The second-order valence-electron chi connectivity index (χ2n) is 7.17. The summed E-state index contributed by atoms with van der Waals surface area (Å²) in [5, 5.41) is 7.65. The molecule has 0 aromatic carbocycles. The van der Waals surface area contributed by atoms with Crippen LogP contribution in [0, 0.1) is 6.92 Å². The lowest BCUT2D eigenvalue weighted by molar-refractivity contribution is -0.184. The van der Waals surface area contributed by atoms with Gasteiger partial charge in [0.05, 0.1) is 0 Å². The number of aryl methyl sites for hydroxylation is 1. The molecule has 0 radical (unpaired) electrons. The van der Waals surface area contributed by atoms with Crippen molar-refractivity contribution in [3.05, 3.63) is 17.2 Å². The molecule has 2 aliphatic heterocycles. The number of esters is 1. The molecule has 0 bridgehead atoms. The lowest BCUT2D eigenvalue weighted by Crippen LogP contribution is -2.78. The third-order valence-corrected chi connectivity index (χ3v) is 6.25. The SMILES string of the molecule is CO[C@@]1(N)C(=O)N2C(C(=O)OC(C)(C)C)=C(CSc3nnc(C)o3)CS[C@@H]21. The van der Waals surface area contributed by atoms with Crippen LogP contribution in [-0.4, -0.2) is 62.3 Å². The average molecular weight is 415 g/mol. The minimum absolute atomic E-state index is 0.223. The highest BCUT2D eigenvalue weighted by atomic mass is 32.2. The zero-order chi connectivity index (χ0) is 20.0. The number of amides is 1. The van der Waals surface area contributed by atoms with Crippen LogP contribution in [0.25, 0.3) is 0 Å². The lowest BCUT2D eigenvalue weighted by atomic mass is 9.99. The van der Waals surface area contributed by atoms with Crippen molar-refractivity contribution in [2.24, 2.45) is 5.73 Å². The monoisotopic (exact) mass is 414 g/mol. The highest BCUT2D eigenvalue weighted by molar-refractivity contribution is 8.01. The summed E-state index contributed by atoms with van der Waals surface area (Å²) < 4.78 is 16.1. The fraction of sp³-hybridized carbons (Fsp3) is 0.625. The van der Waals surface area contributed by atoms with Gasteiger partial charge in [-0.2, -0.15) is 0 Å². The number of carbonyl (C=O) groups is 2. The molecule has 0 spiro atoms. The van der Waals surface area contributed by atoms with Crippen LogP contribution in [0.3, 0.4) is 0 Å². The molecule has 0 aliphatic carbocycles. The molecule has 2 N–H and O–H groups in total. The van der Waals surface area contributed by atoms with Crippen molar-refractivity contribution >= 4 is 35.4 Å². The van der Waals surface area contributed by atoms with Gasteiger partial charge in [0.25, 0.3) is 11.1 Å². The first-order valence-electron chi connectivity index (χ1n) is 8.24. The Balaban J connectivity index is 1.89. The number of fused-ring (bicyclic) bond motifs is 1. The number of β-lactam (4-membered cyclic amide) rings is 1. The van der Waals surface area contributed by atoms with E-state index in [2.05, 4.69) is 10.2 Å². The Kier molecular flexibility index (Phi) is 5.32. The first-order chi connectivity index (χ1) is 12.6. The summed E-state index contributed by atoms with van der Waals surface area (Å²) in [5.41, 5.74) is 4.90. The van der Waals surface area contributed by atoms with Crippen LogP contribution in [0.15, 0.2) is 20.9 Å². The molecule has 27 heavy (non-hydrogen) atoms. The van der Waals surface area contributed by atoms with Crippen LogP contribution >= 0.6 is 23.5 Å². The van der Waals surface area contributed by atoms with Gasteiger partial charge in [-0.05, 0) is 26.3 Å². The molecule has 11 heteroatoms. The van der Waals surface area contributed by atoms with Gasteiger partial charge in [-0.1, -0.05) is 11.8 Å². The predicted molar refractivity (Wildman–Crippen MR) is 99.6 cm³/mol. The standard InChI is InChI=1S/C16H22N4O5S2/c1-8-18-19-14(24-8)27-7-9-6-26-13-16(17,23-5)12(22)20(13)10(9)11(21)25-15(2,3)4/h13H,6-7,17H2,1-5H3/t13-,16+/m1/s1. The molecule has 3 rings (SSSR count). The Morgan fingerprint density at radius 3 is 2.74 bits per heavy atom. The van der Waals surface area contributed by atoms with Gasteiger partial charge in [0, 0.05) is 25.5 Å². The summed E-state index contributed by atoms with van der Waals surface area (Å²) in [7, 11) is 1.38. The number of carbonyl (C=O) groups excluding carboxylic acids is 2. The van der Waals surface area contributed by atoms with Gasteiger partial charge in [-0.3, -0.25) is 15.4 Å². The highest BCUT2D eigenvalue weighted by Gasteiger charge is 2.63. The summed E-state index contributed by atoms with van der Waals surface area (Å²) >= 11 is 2.75. The number of ether oxygens (including phenoxy) is 2. The Hall–Kier alpha value is -1.56. The number of nitrogens with zero attached hydrogens (tertiary/aromatic N) is 3. The van der Waals surface area contributed by atoms with Crippen molar-refractivity contribution < 1.29 is 23.5 Å². The molecule has 0 unspecified atom stereocenters. The van der Waals surface area contributed by atoms with Gasteiger partial charge in [0.1, 0.15) is 16.7 Å². The molecular formula is C16H22N4O5S2. The molecule has 1 amide bonds. The van der Waals surface area contributed by atoms with Crippen molar-refractivity contribution in [1.29, 1.82) is 0 Å². The maximum atomic E-state index is 12.8. The van der Waals surface area contributed by atoms with Crippen LogP contribution in [0.4, 0.5) is 0 Å². The molecule has 148 valence electrons. The van der Waals surface area contributed by atoms with E-state index in [-0.39, 0.29) is 5.70 Å². The normalized spacial score (nSPS) is 25.3. The van der Waals surface area contributed by atoms with E-state index in [0.717, 1.165) is 5.57 Å². The molecular weight excluding hydrogens is 392 g/mol. The van der Waals surface area contributed by atoms with Crippen LogP contribution in [0.2, 0.25) is 0 Å². The Bertz CT molecular complexity index is 803. The smallest absolute Gasteiger partial charge is 0.355 e. The topological polar surface area (TPSA) is 121 Å². The van der Waals surface area contributed by atoms with Crippen LogP contribution in [-0.2, 0) is 19.1 Å². The summed E-state index contributed by atoms with van der Waals surface area (Å²) in [5.74, 6) is 0.356. The first kappa shape index (κ1) is 20.2. The lowest BCUT2D eigenvalue weighted by Gasteiger charge is -2.54. The van der Waals surface area contributed by atoms with Gasteiger partial charge in [-0.15, -0.1) is 22.0 Å². The molecule has 3 heterocycles. The van der Waals surface area contributed by atoms with E-state index in [1.54, 1.807) is 27.7 Å². The van der Waals surface area contributed by atoms with E-state index in [4.69, 9.17) is 19.6 Å². The summed E-state index contributed by atoms with van der Waals surface area (Å²) in [6, 6.07) is 0. The molecule has 1 saturated heterocycles. The zero-order valence-electron chi connectivity index (χ0n) is 15.8. The van der Waals surface area contributed by atoms with Gasteiger partial charge in [0.15, 0.2) is 0 Å². The van der Waals surface area contributed by atoms with E-state index in [0.29, 0.717) is 22.6 Å². The molecule has 2 aliphatic rings. The number of rotatable bonds is 5. The summed E-state index contributed by atoms with van der Waals surface area (Å²) in [6.45, 7) is 7.03. The fourth-order valence-corrected chi connectivity index (χ4v) is 5.05. The van der Waals surface area contributed by atoms with Gasteiger partial charge >= 0.3 is 5.97 Å². The van der Waals surface area contributed by atoms with Gasteiger partial charge in [0.2, 0.25) is 11.6 Å². The molecule has 1 aromatic heterocycles. The van der Waals surface area contributed by atoms with Crippen molar-refractivity contribution in [3.8, 4) is 0 Å². The van der Waals surface area contributed by atoms with E-state index < -0.39 is 28.6 Å². The molecule has 9 nitrogen and oxygen atoms in total. The molecule has 1 aromatic rings. The second-order valence-corrected chi connectivity index (χ2v) is 9.16. The number of nitrogens with two attached hydrogens (primary N) is 1. The van der Waals surface area contributed by atoms with Crippen LogP contribution in [0.5, 0.6) is 0 Å². The summed E-state index contributed by atoms with van der Waals surface area (Å²) in [4.78, 5) is 26.8. The van der Waals surface area contributed by atoms with Crippen molar-refractivity contribution in [2.45, 2.75) is 49.6 Å². The maximum absolute atomic E-state index is 12.8. The average Bonchev–Trinajstić information content (AvgIpc) is 3.01. The highest BCUT2D eigenvalue weighted by Crippen LogP contribution is 2.46. The van der Waals surface area contributed by atoms with Crippen molar-refractivity contribution in [3.63, 3.8) is 0 Å². The van der Waals surface area contributed by atoms with Crippen molar-refractivity contribution in [1.82, 2.24) is 15.1 Å². The van der Waals surface area contributed by atoms with E-state index in [1.165, 1.54) is 35.5 Å². The van der Waals surface area contributed by atoms with Gasteiger partial charge < -0.3 is 13.9 Å². The molecule has 0 saturated carbocycles. The van der Waals surface area contributed by atoms with E-state index >= 15 is 0 Å². The minimum Gasteiger partial charge on any atom is -0.455 e. The number of methoxy groups -OCH3 is 1.